The number of amides is 1. The molecule has 0 N–H and O–H groups in total. The highest BCUT2D eigenvalue weighted by Crippen LogP contribution is 2.48. The van der Waals surface area contributed by atoms with Crippen molar-refractivity contribution in [3.05, 3.63) is 29.8 Å². The second kappa shape index (κ2) is 6.01. The molecular weight excluding hydrogens is 312 g/mol. The number of carbonyl (C=O) groups is 1. The van der Waals surface area contributed by atoms with Gasteiger partial charge in [0.2, 0.25) is 0 Å². The van der Waals surface area contributed by atoms with Gasteiger partial charge in [0.15, 0.2) is 0 Å². The molecule has 134 valence electrons. The number of nitrogens with zero attached hydrogens (tertiary/aromatic N) is 2. The third-order valence-electron chi connectivity index (χ3n) is 6.72. The fourth-order valence-corrected chi connectivity index (χ4v) is 5.07. The molecule has 1 saturated carbocycles. The van der Waals surface area contributed by atoms with Gasteiger partial charge in [-0.3, -0.25) is 4.79 Å². The van der Waals surface area contributed by atoms with Crippen LogP contribution in [0.3, 0.4) is 0 Å². The lowest BCUT2D eigenvalue weighted by atomic mass is 9.74. The number of anilines is 1. The van der Waals surface area contributed by atoms with E-state index in [4.69, 9.17) is 4.74 Å². The van der Waals surface area contributed by atoms with Crippen LogP contribution < -0.4 is 4.90 Å². The van der Waals surface area contributed by atoms with E-state index in [0.717, 1.165) is 57.8 Å². The SMILES string of the molecule is O=C([C@H]1CCCO1)N1CCC2(CC1)CN(CC1CC1)c1ccccc12. The molecule has 4 heteroatoms. The number of fused-ring (bicyclic) bond motifs is 2. The normalized spacial score (nSPS) is 27.8. The summed E-state index contributed by atoms with van der Waals surface area (Å²) in [7, 11) is 0. The summed E-state index contributed by atoms with van der Waals surface area (Å²) >= 11 is 0. The number of piperidine rings is 1. The Balaban J connectivity index is 1.32. The topological polar surface area (TPSA) is 32.8 Å². The summed E-state index contributed by atoms with van der Waals surface area (Å²) in [6.07, 6.45) is 6.73. The molecule has 5 rings (SSSR count). The summed E-state index contributed by atoms with van der Waals surface area (Å²) in [6.45, 7) is 4.87. The second-order valence-corrected chi connectivity index (χ2v) is 8.45. The number of rotatable bonds is 3. The number of carbonyl (C=O) groups excluding carboxylic acids is 1. The first-order valence-electron chi connectivity index (χ1n) is 10.0. The Labute approximate surface area is 150 Å². The van der Waals surface area contributed by atoms with Crippen molar-refractivity contribution in [2.45, 2.75) is 50.0 Å². The van der Waals surface area contributed by atoms with Gasteiger partial charge >= 0.3 is 0 Å². The van der Waals surface area contributed by atoms with E-state index >= 15 is 0 Å². The molecule has 4 nitrogen and oxygen atoms in total. The molecule has 3 heterocycles. The minimum absolute atomic E-state index is 0.170. The van der Waals surface area contributed by atoms with Crippen LogP contribution in [0.2, 0.25) is 0 Å². The van der Waals surface area contributed by atoms with Crippen LogP contribution in [0, 0.1) is 5.92 Å². The molecule has 3 fully saturated rings. The third-order valence-corrected chi connectivity index (χ3v) is 6.72. The first kappa shape index (κ1) is 15.7. The number of para-hydroxylation sites is 1. The summed E-state index contributed by atoms with van der Waals surface area (Å²) in [5.41, 5.74) is 3.23. The zero-order chi connectivity index (χ0) is 16.9. The number of benzene rings is 1. The van der Waals surface area contributed by atoms with Gasteiger partial charge in [-0.1, -0.05) is 18.2 Å². The van der Waals surface area contributed by atoms with Crippen molar-refractivity contribution in [2.24, 2.45) is 5.92 Å². The largest absolute Gasteiger partial charge is 0.370 e. The maximum absolute atomic E-state index is 12.7. The van der Waals surface area contributed by atoms with Crippen molar-refractivity contribution in [2.75, 3.05) is 37.7 Å². The van der Waals surface area contributed by atoms with Crippen molar-refractivity contribution >= 4 is 11.6 Å². The second-order valence-electron chi connectivity index (χ2n) is 8.45. The van der Waals surface area contributed by atoms with Crippen LogP contribution in [0.25, 0.3) is 0 Å². The molecule has 1 aliphatic carbocycles. The summed E-state index contributed by atoms with van der Waals surface area (Å²) in [4.78, 5) is 17.4. The smallest absolute Gasteiger partial charge is 0.251 e. The molecule has 3 aliphatic heterocycles. The van der Waals surface area contributed by atoms with Crippen LogP contribution in [0.5, 0.6) is 0 Å². The first-order chi connectivity index (χ1) is 12.3. The number of likely N-dealkylation sites (tertiary alicyclic amines) is 1. The van der Waals surface area contributed by atoms with Gasteiger partial charge in [0, 0.05) is 43.9 Å². The standard InChI is InChI=1S/C21H28N2O2/c24-20(19-6-3-13-25-19)22-11-9-21(10-12-22)15-23(14-16-7-8-16)18-5-2-1-4-17(18)21/h1-2,4-5,16,19H,3,6-15H2/t19-/m1/s1. The molecule has 1 aromatic carbocycles. The van der Waals surface area contributed by atoms with Gasteiger partial charge in [0.25, 0.3) is 5.91 Å². The molecule has 1 amide bonds. The average Bonchev–Trinajstić information content (AvgIpc) is 3.19. The summed E-state index contributed by atoms with van der Waals surface area (Å²) < 4.78 is 5.61. The van der Waals surface area contributed by atoms with Gasteiger partial charge in [-0.05, 0) is 56.1 Å². The quantitative estimate of drug-likeness (QED) is 0.848. The summed E-state index contributed by atoms with van der Waals surface area (Å²) in [6, 6.07) is 9.00. The Morgan fingerprint density at radius 1 is 1.16 bits per heavy atom. The Bertz CT molecular complexity index is 656. The Kier molecular flexibility index (Phi) is 3.77. The minimum atomic E-state index is -0.170. The van der Waals surface area contributed by atoms with Crippen molar-refractivity contribution < 1.29 is 9.53 Å². The molecule has 25 heavy (non-hydrogen) atoms. The lowest BCUT2D eigenvalue weighted by Gasteiger charge is -2.40. The zero-order valence-electron chi connectivity index (χ0n) is 15.0. The van der Waals surface area contributed by atoms with Crippen molar-refractivity contribution in [3.8, 4) is 0 Å². The van der Waals surface area contributed by atoms with Crippen LogP contribution in [-0.4, -0.2) is 49.7 Å². The van der Waals surface area contributed by atoms with Crippen LogP contribution in [0.15, 0.2) is 24.3 Å². The Hall–Kier alpha value is -1.55. The van der Waals surface area contributed by atoms with E-state index < -0.39 is 0 Å². The number of ether oxygens (including phenoxy) is 1. The predicted octanol–water partition coefficient (Wildman–Crippen LogP) is 2.96. The van der Waals surface area contributed by atoms with Crippen molar-refractivity contribution in [1.82, 2.24) is 4.90 Å². The molecule has 0 radical (unpaired) electrons. The molecule has 1 aromatic rings. The minimum Gasteiger partial charge on any atom is -0.370 e. The maximum Gasteiger partial charge on any atom is 0.251 e. The average molecular weight is 340 g/mol. The van der Waals surface area contributed by atoms with E-state index in [1.54, 1.807) is 0 Å². The first-order valence-corrected chi connectivity index (χ1v) is 10.0. The van der Waals surface area contributed by atoms with Crippen molar-refractivity contribution in [3.63, 3.8) is 0 Å². The molecule has 0 aromatic heterocycles. The van der Waals surface area contributed by atoms with E-state index in [-0.39, 0.29) is 17.4 Å². The molecule has 4 aliphatic rings. The van der Waals surface area contributed by atoms with Crippen LogP contribution in [0.4, 0.5) is 5.69 Å². The molecule has 0 bridgehead atoms. The lowest BCUT2D eigenvalue weighted by Crippen LogP contribution is -2.49. The molecule has 0 unspecified atom stereocenters. The predicted molar refractivity (Wildman–Crippen MR) is 97.8 cm³/mol. The summed E-state index contributed by atoms with van der Waals surface area (Å²) in [5, 5.41) is 0. The number of hydrogen-bond donors (Lipinski definition) is 0. The van der Waals surface area contributed by atoms with E-state index in [9.17, 15) is 4.79 Å². The van der Waals surface area contributed by atoms with E-state index in [1.165, 1.54) is 30.6 Å². The lowest BCUT2D eigenvalue weighted by molar-refractivity contribution is -0.142. The van der Waals surface area contributed by atoms with Crippen molar-refractivity contribution in [1.29, 1.82) is 0 Å². The van der Waals surface area contributed by atoms with E-state index in [2.05, 4.69) is 34.1 Å². The monoisotopic (exact) mass is 340 g/mol. The highest BCUT2D eigenvalue weighted by atomic mass is 16.5. The van der Waals surface area contributed by atoms with Crippen LogP contribution in [-0.2, 0) is 14.9 Å². The van der Waals surface area contributed by atoms with Gasteiger partial charge in [0.05, 0.1) is 0 Å². The zero-order valence-corrected chi connectivity index (χ0v) is 15.0. The fraction of sp³-hybridized carbons (Fsp3) is 0.667. The maximum atomic E-state index is 12.7. The van der Waals surface area contributed by atoms with Crippen LogP contribution in [0.1, 0.15) is 44.1 Å². The summed E-state index contributed by atoms with van der Waals surface area (Å²) in [5.74, 6) is 1.14. The fourth-order valence-electron chi connectivity index (χ4n) is 5.07. The molecule has 2 saturated heterocycles. The number of hydrogen-bond acceptors (Lipinski definition) is 3. The van der Waals surface area contributed by atoms with Gasteiger partial charge < -0.3 is 14.5 Å². The third kappa shape index (κ3) is 2.75. The van der Waals surface area contributed by atoms with Gasteiger partial charge in [-0.15, -0.1) is 0 Å². The van der Waals surface area contributed by atoms with E-state index in [1.807, 2.05) is 0 Å². The molecule has 1 atom stereocenters. The van der Waals surface area contributed by atoms with Gasteiger partial charge in [0.1, 0.15) is 6.10 Å². The van der Waals surface area contributed by atoms with Gasteiger partial charge in [-0.2, -0.15) is 0 Å². The molecule has 1 spiro atoms. The van der Waals surface area contributed by atoms with Crippen LogP contribution >= 0.6 is 0 Å². The Morgan fingerprint density at radius 3 is 2.68 bits per heavy atom. The highest BCUT2D eigenvalue weighted by molar-refractivity contribution is 5.81. The molecular formula is C21H28N2O2. The van der Waals surface area contributed by atoms with Gasteiger partial charge in [-0.25, -0.2) is 0 Å². The van der Waals surface area contributed by atoms with E-state index in [0.29, 0.717) is 0 Å². The Morgan fingerprint density at radius 2 is 1.96 bits per heavy atom. The highest BCUT2D eigenvalue weighted by Gasteiger charge is 2.46.